The summed E-state index contributed by atoms with van der Waals surface area (Å²) in [7, 11) is 1.68. The Balaban J connectivity index is 3.23. The summed E-state index contributed by atoms with van der Waals surface area (Å²) in [6.45, 7) is 5.55. The highest BCUT2D eigenvalue weighted by molar-refractivity contribution is 9.10. The number of halogens is 1. The van der Waals surface area contributed by atoms with Crippen LogP contribution in [0, 0.1) is 0 Å². The third-order valence-electron chi connectivity index (χ3n) is 2.93. The summed E-state index contributed by atoms with van der Waals surface area (Å²) in [5.41, 5.74) is 7.37. The second-order valence-corrected chi connectivity index (χ2v) is 5.15. The number of hydrogen-bond acceptors (Lipinski definition) is 4. The van der Waals surface area contributed by atoms with Gasteiger partial charge < -0.3 is 20.6 Å². The van der Waals surface area contributed by atoms with Crippen molar-refractivity contribution in [1.29, 1.82) is 0 Å². The molecule has 1 aromatic rings. The van der Waals surface area contributed by atoms with Gasteiger partial charge in [-0.05, 0) is 32.0 Å². The number of anilines is 1. The van der Waals surface area contributed by atoms with E-state index in [0.29, 0.717) is 12.2 Å². The number of benzene rings is 1. The van der Waals surface area contributed by atoms with E-state index in [4.69, 9.17) is 15.7 Å². The number of amidine groups is 1. The third-order valence-corrected chi connectivity index (χ3v) is 3.43. The van der Waals surface area contributed by atoms with Crippen LogP contribution in [0.4, 0.5) is 5.69 Å². The monoisotopic (exact) mass is 329 g/mol. The van der Waals surface area contributed by atoms with Gasteiger partial charge in [0.25, 0.3) is 0 Å². The van der Waals surface area contributed by atoms with E-state index in [-0.39, 0.29) is 11.9 Å². The van der Waals surface area contributed by atoms with E-state index in [0.717, 1.165) is 16.7 Å². The average Bonchev–Trinajstić information content (AvgIpc) is 2.40. The molecule has 1 rings (SSSR count). The van der Waals surface area contributed by atoms with Crippen molar-refractivity contribution in [3.05, 3.63) is 28.2 Å². The number of rotatable bonds is 6. The summed E-state index contributed by atoms with van der Waals surface area (Å²) in [5, 5.41) is 12.0. The Labute approximate surface area is 122 Å². The van der Waals surface area contributed by atoms with Gasteiger partial charge in [0.1, 0.15) is 0 Å². The molecule has 0 aliphatic carbocycles. The zero-order valence-electron chi connectivity index (χ0n) is 11.4. The number of nitrogens with zero attached hydrogens (tertiary/aromatic N) is 2. The molecule has 0 aliphatic heterocycles. The second-order valence-electron chi connectivity index (χ2n) is 4.24. The van der Waals surface area contributed by atoms with Crippen LogP contribution < -0.4 is 10.6 Å². The van der Waals surface area contributed by atoms with E-state index in [9.17, 15) is 0 Å². The van der Waals surface area contributed by atoms with Crippen LogP contribution >= 0.6 is 15.9 Å². The molecular formula is C13H20BrN3O2. The van der Waals surface area contributed by atoms with Crippen molar-refractivity contribution < 1.29 is 9.94 Å². The van der Waals surface area contributed by atoms with Crippen molar-refractivity contribution >= 4 is 27.5 Å². The van der Waals surface area contributed by atoms with Crippen LogP contribution in [0.2, 0.25) is 0 Å². The average molecular weight is 330 g/mol. The van der Waals surface area contributed by atoms with E-state index in [1.165, 1.54) is 0 Å². The fourth-order valence-electron chi connectivity index (χ4n) is 2.07. The molecule has 0 radical (unpaired) electrons. The molecule has 1 aromatic carbocycles. The molecule has 5 nitrogen and oxygen atoms in total. The fraction of sp³-hybridized carbons (Fsp3) is 0.462. The molecule has 1 atom stereocenters. The predicted molar refractivity (Wildman–Crippen MR) is 81.0 cm³/mol. The molecule has 19 heavy (non-hydrogen) atoms. The summed E-state index contributed by atoms with van der Waals surface area (Å²) >= 11 is 3.40. The zero-order valence-corrected chi connectivity index (χ0v) is 13.0. The van der Waals surface area contributed by atoms with Gasteiger partial charge in [-0.25, -0.2) is 0 Å². The number of likely N-dealkylation sites (N-methyl/N-ethyl adjacent to an activating group) is 1. The van der Waals surface area contributed by atoms with E-state index >= 15 is 0 Å². The van der Waals surface area contributed by atoms with Crippen molar-refractivity contribution in [1.82, 2.24) is 0 Å². The minimum absolute atomic E-state index is 0.0966. The van der Waals surface area contributed by atoms with Gasteiger partial charge in [0, 0.05) is 35.4 Å². The van der Waals surface area contributed by atoms with E-state index in [2.05, 4.69) is 39.8 Å². The Hall–Kier alpha value is -1.27. The maximum absolute atomic E-state index is 8.90. The Morgan fingerprint density at radius 1 is 1.58 bits per heavy atom. The van der Waals surface area contributed by atoms with Gasteiger partial charge in [-0.1, -0.05) is 21.1 Å². The van der Waals surface area contributed by atoms with Crippen molar-refractivity contribution in [3.63, 3.8) is 0 Å². The first-order valence-electron chi connectivity index (χ1n) is 6.08. The summed E-state index contributed by atoms with van der Waals surface area (Å²) in [6, 6.07) is 5.92. The van der Waals surface area contributed by atoms with Crippen LogP contribution in [0.25, 0.3) is 0 Å². The van der Waals surface area contributed by atoms with Crippen LogP contribution in [-0.4, -0.2) is 37.3 Å². The molecule has 0 heterocycles. The molecule has 106 valence electrons. The summed E-state index contributed by atoms with van der Waals surface area (Å²) in [4.78, 5) is 2.16. The van der Waals surface area contributed by atoms with Gasteiger partial charge in [0.05, 0.1) is 6.61 Å². The van der Waals surface area contributed by atoms with Crippen molar-refractivity contribution in [2.24, 2.45) is 10.9 Å². The topological polar surface area (TPSA) is 71.1 Å². The Kier molecular flexibility index (Phi) is 6.11. The molecule has 0 bridgehead atoms. The SMILES string of the molecule is CCN(c1ccc(Br)cc1/C(N)=N/O)C(C)COC. The van der Waals surface area contributed by atoms with Gasteiger partial charge in [-0.3, -0.25) is 0 Å². The number of nitrogens with two attached hydrogens (primary N) is 1. The van der Waals surface area contributed by atoms with Gasteiger partial charge in [0.15, 0.2) is 5.84 Å². The Morgan fingerprint density at radius 3 is 2.79 bits per heavy atom. The number of hydrogen-bond donors (Lipinski definition) is 2. The van der Waals surface area contributed by atoms with Crippen LogP contribution in [0.1, 0.15) is 19.4 Å². The first kappa shape index (κ1) is 15.8. The van der Waals surface area contributed by atoms with E-state index < -0.39 is 0 Å². The quantitative estimate of drug-likeness (QED) is 0.364. The van der Waals surface area contributed by atoms with Crippen molar-refractivity contribution in [3.8, 4) is 0 Å². The lowest BCUT2D eigenvalue weighted by atomic mass is 10.1. The fourth-order valence-corrected chi connectivity index (χ4v) is 2.43. The predicted octanol–water partition coefficient (Wildman–Crippen LogP) is 2.40. The molecule has 0 saturated heterocycles. The molecule has 6 heteroatoms. The van der Waals surface area contributed by atoms with Crippen LogP contribution in [0.3, 0.4) is 0 Å². The molecule has 0 aliphatic rings. The molecule has 3 N–H and O–H groups in total. The third kappa shape index (κ3) is 3.84. The highest BCUT2D eigenvalue weighted by atomic mass is 79.9. The second kappa shape index (κ2) is 7.35. The molecule has 0 fully saturated rings. The van der Waals surface area contributed by atoms with Gasteiger partial charge in [0.2, 0.25) is 0 Å². The summed E-state index contributed by atoms with van der Waals surface area (Å²) in [5.74, 6) is 0.0966. The summed E-state index contributed by atoms with van der Waals surface area (Å²) < 4.78 is 6.08. The smallest absolute Gasteiger partial charge is 0.172 e. The molecule has 0 spiro atoms. The van der Waals surface area contributed by atoms with Crippen molar-refractivity contribution in [2.45, 2.75) is 19.9 Å². The Morgan fingerprint density at radius 2 is 2.26 bits per heavy atom. The Bertz CT molecular complexity index is 452. The maximum atomic E-state index is 8.90. The van der Waals surface area contributed by atoms with Crippen LogP contribution in [0.15, 0.2) is 27.8 Å². The molecular weight excluding hydrogens is 310 g/mol. The zero-order chi connectivity index (χ0) is 14.4. The van der Waals surface area contributed by atoms with Gasteiger partial charge in [-0.15, -0.1) is 0 Å². The number of methoxy groups -OCH3 is 1. The highest BCUT2D eigenvalue weighted by Crippen LogP contribution is 2.26. The maximum Gasteiger partial charge on any atom is 0.172 e. The van der Waals surface area contributed by atoms with Gasteiger partial charge in [-0.2, -0.15) is 0 Å². The lowest BCUT2D eigenvalue weighted by Gasteiger charge is -2.31. The van der Waals surface area contributed by atoms with Crippen LogP contribution in [-0.2, 0) is 4.74 Å². The first-order chi connectivity index (χ1) is 9.04. The lowest BCUT2D eigenvalue weighted by molar-refractivity contribution is 0.182. The van der Waals surface area contributed by atoms with E-state index in [1.54, 1.807) is 7.11 Å². The minimum Gasteiger partial charge on any atom is -0.409 e. The molecule has 0 aromatic heterocycles. The number of ether oxygens (including phenoxy) is 1. The summed E-state index contributed by atoms with van der Waals surface area (Å²) in [6.07, 6.45) is 0. The largest absolute Gasteiger partial charge is 0.409 e. The van der Waals surface area contributed by atoms with Crippen molar-refractivity contribution in [2.75, 3.05) is 25.2 Å². The van der Waals surface area contributed by atoms with E-state index in [1.807, 2.05) is 18.2 Å². The first-order valence-corrected chi connectivity index (χ1v) is 6.87. The normalized spacial score (nSPS) is 13.4. The lowest BCUT2D eigenvalue weighted by Crippen LogP contribution is -2.37. The molecule has 0 amide bonds. The van der Waals surface area contributed by atoms with Crippen LogP contribution in [0.5, 0.6) is 0 Å². The highest BCUT2D eigenvalue weighted by Gasteiger charge is 2.18. The standard InChI is InChI=1S/C13H20BrN3O2/c1-4-17(9(2)8-19-3)12-6-5-10(14)7-11(12)13(15)16-18/h5-7,9,18H,4,8H2,1-3H3,(H2,15,16). The minimum atomic E-state index is 0.0966. The number of oxime groups is 1. The molecule has 1 unspecified atom stereocenters. The molecule has 0 saturated carbocycles. The van der Waals surface area contributed by atoms with Gasteiger partial charge >= 0.3 is 0 Å².